The van der Waals surface area contributed by atoms with E-state index in [2.05, 4.69) is 76.1 Å². The van der Waals surface area contributed by atoms with Crippen LogP contribution in [0, 0.1) is 0 Å². The van der Waals surface area contributed by atoms with Crippen LogP contribution in [0.25, 0.3) is 0 Å². The topological polar surface area (TPSA) is 44.7 Å². The first kappa shape index (κ1) is 20.4. The van der Waals surface area contributed by atoms with E-state index in [-0.39, 0.29) is 11.9 Å². The average molecular weight is 416 g/mol. The maximum absolute atomic E-state index is 12.1. The van der Waals surface area contributed by atoms with Gasteiger partial charge in [0.1, 0.15) is 0 Å². The van der Waals surface area contributed by atoms with Gasteiger partial charge in [-0.2, -0.15) is 5.10 Å². The van der Waals surface area contributed by atoms with Gasteiger partial charge in [-0.05, 0) is 16.7 Å². The molecule has 0 atom stereocenters. The number of benzene rings is 3. The van der Waals surface area contributed by atoms with Crippen LogP contribution in [0.2, 0.25) is 0 Å². The smallest absolute Gasteiger partial charge is 0.250 e. The summed E-state index contributed by atoms with van der Waals surface area (Å²) in [7, 11) is 0. The van der Waals surface area contributed by atoms with Crippen molar-refractivity contribution in [3.8, 4) is 0 Å². The molecule has 3 aromatic rings. The lowest BCUT2D eigenvalue weighted by Crippen LogP contribution is -2.51. The van der Waals surface area contributed by atoms with E-state index in [1.165, 1.54) is 11.1 Å². The molecule has 1 aliphatic heterocycles. The van der Waals surface area contributed by atoms with Gasteiger partial charge in [-0.1, -0.05) is 91.0 Å². The van der Waals surface area contributed by atoms with Crippen molar-refractivity contribution in [2.24, 2.45) is 5.10 Å². The van der Waals surface area contributed by atoms with Crippen LogP contribution < -0.4 is 5.43 Å². The first-order chi connectivity index (χ1) is 14.8. The Morgan fingerprint density at radius 1 is 0.933 bits per heavy atom. The molecule has 0 radical (unpaired) electrons. The molecule has 1 amide bonds. The molecule has 1 aliphatic rings. The summed E-state index contributed by atoms with van der Waals surface area (Å²) in [4.78, 5) is 14.6. The molecule has 152 valence electrons. The average Bonchev–Trinajstić information content (AvgIpc) is 2.77. The number of carbonyl (C=O) groups excluding carboxylic acids is 1. The molecule has 1 N–H and O–H groups in total. The number of likely N-dealkylation sites (tertiary alicyclic amines) is 1. The Morgan fingerprint density at radius 2 is 1.47 bits per heavy atom. The van der Waals surface area contributed by atoms with Crippen LogP contribution in [-0.4, -0.2) is 41.1 Å². The number of nitrogens with zero attached hydrogens (tertiary/aromatic N) is 2. The van der Waals surface area contributed by atoms with E-state index < -0.39 is 0 Å². The van der Waals surface area contributed by atoms with E-state index in [0.29, 0.717) is 11.0 Å². The Bertz CT molecular complexity index is 918. The SMILES string of the molecule is O=C(CSC1CN(C(c2ccccc2)c2ccccc2)C1)N/N=C\c1ccccc1. The second-order valence-corrected chi connectivity index (χ2v) is 8.60. The molecule has 4 rings (SSSR count). The summed E-state index contributed by atoms with van der Waals surface area (Å²) in [5.74, 6) is 0.361. The van der Waals surface area contributed by atoms with Crippen molar-refractivity contribution < 1.29 is 4.79 Å². The molecule has 0 unspecified atom stereocenters. The van der Waals surface area contributed by atoms with E-state index in [1.54, 1.807) is 18.0 Å². The van der Waals surface area contributed by atoms with Crippen molar-refractivity contribution in [3.05, 3.63) is 108 Å². The maximum Gasteiger partial charge on any atom is 0.250 e. The minimum absolute atomic E-state index is 0.0618. The maximum atomic E-state index is 12.1. The fraction of sp³-hybridized carbons (Fsp3) is 0.200. The summed E-state index contributed by atoms with van der Waals surface area (Å²) in [6.07, 6.45) is 1.66. The third-order valence-electron chi connectivity index (χ3n) is 5.12. The van der Waals surface area contributed by atoms with E-state index >= 15 is 0 Å². The predicted octanol–water partition coefficient (Wildman–Crippen LogP) is 4.34. The monoisotopic (exact) mass is 415 g/mol. The van der Waals surface area contributed by atoms with Crippen LogP contribution in [0.3, 0.4) is 0 Å². The lowest BCUT2D eigenvalue weighted by molar-refractivity contribution is -0.118. The zero-order chi connectivity index (χ0) is 20.6. The molecule has 3 aromatic carbocycles. The first-order valence-corrected chi connectivity index (χ1v) is 11.2. The third-order valence-corrected chi connectivity index (χ3v) is 6.32. The van der Waals surface area contributed by atoms with Gasteiger partial charge in [0.2, 0.25) is 5.91 Å². The highest BCUT2D eigenvalue weighted by Crippen LogP contribution is 2.35. The van der Waals surface area contributed by atoms with Gasteiger partial charge in [-0.15, -0.1) is 11.8 Å². The second-order valence-electron chi connectivity index (χ2n) is 7.31. The van der Waals surface area contributed by atoms with Crippen molar-refractivity contribution in [3.63, 3.8) is 0 Å². The standard InChI is InChI=1S/C25H25N3OS/c29-24(27-26-16-20-10-4-1-5-11-20)19-30-23-17-28(18-23)25(21-12-6-2-7-13-21)22-14-8-3-9-15-22/h1-16,23,25H,17-19H2,(H,27,29)/b26-16-. The molecule has 4 nitrogen and oxygen atoms in total. The van der Waals surface area contributed by atoms with Gasteiger partial charge in [-0.25, -0.2) is 5.43 Å². The van der Waals surface area contributed by atoms with Crippen molar-refractivity contribution >= 4 is 23.9 Å². The molecular formula is C25H25N3OS. The first-order valence-electron chi connectivity index (χ1n) is 10.1. The lowest BCUT2D eigenvalue weighted by Gasteiger charge is -2.44. The van der Waals surface area contributed by atoms with Crippen LogP contribution in [0.1, 0.15) is 22.7 Å². The fourth-order valence-corrected chi connectivity index (χ4v) is 4.66. The van der Waals surface area contributed by atoms with Gasteiger partial charge in [-0.3, -0.25) is 9.69 Å². The molecule has 1 heterocycles. The van der Waals surface area contributed by atoms with Crippen LogP contribution in [0.15, 0.2) is 96.1 Å². The molecule has 5 heteroatoms. The highest BCUT2D eigenvalue weighted by Gasteiger charge is 2.34. The van der Waals surface area contributed by atoms with Crippen molar-refractivity contribution in [1.29, 1.82) is 0 Å². The Labute approximate surface area is 182 Å². The summed E-state index contributed by atoms with van der Waals surface area (Å²) in [6.45, 7) is 1.94. The number of hydrogen-bond donors (Lipinski definition) is 1. The number of hydrogen-bond acceptors (Lipinski definition) is 4. The zero-order valence-electron chi connectivity index (χ0n) is 16.7. The minimum atomic E-state index is -0.0618. The van der Waals surface area contributed by atoms with Gasteiger partial charge in [0, 0.05) is 18.3 Å². The fourth-order valence-electron chi connectivity index (χ4n) is 3.61. The number of amides is 1. The minimum Gasteiger partial charge on any atom is -0.290 e. The van der Waals surface area contributed by atoms with E-state index in [1.807, 2.05) is 30.3 Å². The van der Waals surface area contributed by atoms with Gasteiger partial charge in [0.25, 0.3) is 0 Å². The van der Waals surface area contributed by atoms with E-state index in [0.717, 1.165) is 18.7 Å². The van der Waals surface area contributed by atoms with Crippen molar-refractivity contribution in [1.82, 2.24) is 10.3 Å². The Morgan fingerprint density at radius 3 is 2.03 bits per heavy atom. The third kappa shape index (κ3) is 5.38. The number of nitrogens with one attached hydrogen (secondary N) is 1. The molecule has 0 aliphatic carbocycles. The molecule has 0 spiro atoms. The number of carbonyl (C=O) groups is 1. The van der Waals surface area contributed by atoms with Crippen LogP contribution >= 0.6 is 11.8 Å². The molecule has 1 saturated heterocycles. The highest BCUT2D eigenvalue weighted by atomic mass is 32.2. The molecule has 0 saturated carbocycles. The quantitative estimate of drug-likeness (QED) is 0.440. The number of rotatable bonds is 8. The summed E-state index contributed by atoms with van der Waals surface area (Å²) in [5, 5.41) is 4.50. The van der Waals surface area contributed by atoms with Gasteiger partial charge >= 0.3 is 0 Å². The Balaban J connectivity index is 1.27. The van der Waals surface area contributed by atoms with Crippen molar-refractivity contribution in [2.75, 3.05) is 18.8 Å². The van der Waals surface area contributed by atoms with Gasteiger partial charge in [0.05, 0.1) is 18.0 Å². The Kier molecular flexibility index (Phi) is 6.95. The van der Waals surface area contributed by atoms with E-state index in [4.69, 9.17) is 0 Å². The molecule has 0 aromatic heterocycles. The predicted molar refractivity (Wildman–Crippen MR) is 125 cm³/mol. The number of thioether (sulfide) groups is 1. The lowest BCUT2D eigenvalue weighted by atomic mass is 9.94. The largest absolute Gasteiger partial charge is 0.290 e. The summed E-state index contributed by atoms with van der Waals surface area (Å²) >= 11 is 1.70. The summed E-state index contributed by atoms with van der Waals surface area (Å²) in [5.41, 5.74) is 6.19. The van der Waals surface area contributed by atoms with Crippen LogP contribution in [-0.2, 0) is 4.79 Å². The van der Waals surface area contributed by atoms with Crippen LogP contribution in [0.4, 0.5) is 0 Å². The summed E-state index contributed by atoms with van der Waals surface area (Å²) in [6, 6.07) is 31.2. The van der Waals surface area contributed by atoms with Gasteiger partial charge < -0.3 is 0 Å². The summed E-state index contributed by atoms with van der Waals surface area (Å²) < 4.78 is 0. The Hall–Kier alpha value is -2.89. The normalized spacial score (nSPS) is 14.7. The second kappa shape index (κ2) is 10.2. The van der Waals surface area contributed by atoms with Crippen molar-refractivity contribution in [2.45, 2.75) is 11.3 Å². The van der Waals surface area contributed by atoms with Crippen LogP contribution in [0.5, 0.6) is 0 Å². The molecule has 0 bridgehead atoms. The molecule has 30 heavy (non-hydrogen) atoms. The zero-order valence-corrected chi connectivity index (χ0v) is 17.5. The van der Waals surface area contributed by atoms with Gasteiger partial charge in [0.15, 0.2) is 0 Å². The highest BCUT2D eigenvalue weighted by molar-refractivity contribution is 8.00. The molecule has 1 fully saturated rings. The number of hydrazone groups is 1. The molecular weight excluding hydrogens is 390 g/mol. The van der Waals surface area contributed by atoms with E-state index in [9.17, 15) is 4.79 Å².